The van der Waals surface area contributed by atoms with Gasteiger partial charge in [0.1, 0.15) is 11.5 Å². The highest BCUT2D eigenvalue weighted by molar-refractivity contribution is 5.92. The lowest BCUT2D eigenvalue weighted by Gasteiger charge is -2.26. The van der Waals surface area contributed by atoms with Crippen LogP contribution in [0.25, 0.3) is 0 Å². The number of carbonyl (C=O) groups is 1. The first-order valence-electron chi connectivity index (χ1n) is 7.68. The standard InChI is InChI=1S/C16H25N3O/c1-3-17-15-9-5-8-14(19-15)16(20)18-11-13-7-4-6-12(2)10-13/h5,8-9,12-13H,3-4,6-7,10-11H2,1-2H3,(H,17,19)(H,18,20). The van der Waals surface area contributed by atoms with E-state index in [4.69, 9.17) is 0 Å². The minimum absolute atomic E-state index is 0.0667. The van der Waals surface area contributed by atoms with Gasteiger partial charge < -0.3 is 10.6 Å². The van der Waals surface area contributed by atoms with Crippen molar-refractivity contribution in [2.75, 3.05) is 18.4 Å². The minimum atomic E-state index is -0.0667. The van der Waals surface area contributed by atoms with E-state index in [-0.39, 0.29) is 5.91 Å². The van der Waals surface area contributed by atoms with E-state index < -0.39 is 0 Å². The Bertz CT molecular complexity index is 447. The third-order valence-electron chi connectivity index (χ3n) is 3.94. The molecule has 1 aliphatic carbocycles. The van der Waals surface area contributed by atoms with Crippen LogP contribution >= 0.6 is 0 Å². The zero-order valence-corrected chi connectivity index (χ0v) is 12.5. The number of hydrogen-bond donors (Lipinski definition) is 2. The van der Waals surface area contributed by atoms with Crippen molar-refractivity contribution in [1.82, 2.24) is 10.3 Å². The van der Waals surface area contributed by atoms with Crippen LogP contribution in [0.3, 0.4) is 0 Å². The van der Waals surface area contributed by atoms with Gasteiger partial charge in [0, 0.05) is 13.1 Å². The number of rotatable bonds is 5. The van der Waals surface area contributed by atoms with Gasteiger partial charge >= 0.3 is 0 Å². The molecule has 1 saturated carbocycles. The van der Waals surface area contributed by atoms with Gasteiger partial charge in [-0.2, -0.15) is 0 Å². The molecule has 20 heavy (non-hydrogen) atoms. The molecule has 1 fully saturated rings. The second-order valence-electron chi connectivity index (χ2n) is 5.79. The molecular formula is C16H25N3O. The molecule has 110 valence electrons. The summed E-state index contributed by atoms with van der Waals surface area (Å²) in [6.07, 6.45) is 5.08. The summed E-state index contributed by atoms with van der Waals surface area (Å²) in [7, 11) is 0. The SMILES string of the molecule is CCNc1cccc(C(=O)NCC2CCCC(C)C2)n1. The fourth-order valence-electron chi connectivity index (χ4n) is 2.91. The third kappa shape index (κ3) is 4.22. The molecule has 0 radical (unpaired) electrons. The first-order valence-corrected chi connectivity index (χ1v) is 7.68. The van der Waals surface area contributed by atoms with Gasteiger partial charge in [-0.25, -0.2) is 4.98 Å². The molecule has 0 saturated heterocycles. The van der Waals surface area contributed by atoms with Gasteiger partial charge in [0.15, 0.2) is 0 Å². The monoisotopic (exact) mass is 275 g/mol. The van der Waals surface area contributed by atoms with Crippen molar-refractivity contribution < 1.29 is 4.79 Å². The molecule has 1 amide bonds. The number of amides is 1. The number of aromatic nitrogens is 1. The van der Waals surface area contributed by atoms with E-state index in [9.17, 15) is 4.79 Å². The largest absolute Gasteiger partial charge is 0.370 e. The number of carbonyl (C=O) groups excluding carboxylic acids is 1. The van der Waals surface area contributed by atoms with Crippen molar-refractivity contribution in [2.45, 2.75) is 39.5 Å². The Kier molecular flexibility index (Phi) is 5.39. The van der Waals surface area contributed by atoms with Crippen LogP contribution in [0.4, 0.5) is 5.82 Å². The lowest BCUT2D eigenvalue weighted by molar-refractivity contribution is 0.0936. The third-order valence-corrected chi connectivity index (χ3v) is 3.94. The van der Waals surface area contributed by atoms with Crippen LogP contribution in [-0.4, -0.2) is 24.0 Å². The van der Waals surface area contributed by atoms with Crippen LogP contribution in [0.2, 0.25) is 0 Å². The van der Waals surface area contributed by atoms with Gasteiger partial charge in [-0.1, -0.05) is 25.8 Å². The van der Waals surface area contributed by atoms with E-state index in [1.165, 1.54) is 25.7 Å². The van der Waals surface area contributed by atoms with Crippen molar-refractivity contribution in [3.63, 3.8) is 0 Å². The van der Waals surface area contributed by atoms with Crippen LogP contribution in [-0.2, 0) is 0 Å². The topological polar surface area (TPSA) is 54.0 Å². The van der Waals surface area contributed by atoms with Gasteiger partial charge in [-0.05, 0) is 43.7 Å². The molecule has 0 bridgehead atoms. The van der Waals surface area contributed by atoms with Crippen LogP contribution in [0.1, 0.15) is 50.0 Å². The molecule has 0 spiro atoms. The number of anilines is 1. The molecule has 4 nitrogen and oxygen atoms in total. The first kappa shape index (κ1) is 14.8. The van der Waals surface area contributed by atoms with Gasteiger partial charge in [-0.3, -0.25) is 4.79 Å². The fourth-order valence-corrected chi connectivity index (χ4v) is 2.91. The van der Waals surface area contributed by atoms with Gasteiger partial charge in [0.05, 0.1) is 0 Å². The number of nitrogens with one attached hydrogen (secondary N) is 2. The molecule has 0 aliphatic heterocycles. The van der Waals surface area contributed by atoms with Gasteiger partial charge in [-0.15, -0.1) is 0 Å². The van der Waals surface area contributed by atoms with Crippen molar-refractivity contribution in [2.24, 2.45) is 11.8 Å². The van der Waals surface area contributed by atoms with Crippen LogP contribution in [0, 0.1) is 11.8 Å². The molecule has 2 unspecified atom stereocenters. The number of hydrogen-bond acceptors (Lipinski definition) is 3. The molecule has 4 heteroatoms. The van der Waals surface area contributed by atoms with E-state index in [2.05, 4.69) is 22.5 Å². The Morgan fingerprint density at radius 1 is 1.40 bits per heavy atom. The second-order valence-corrected chi connectivity index (χ2v) is 5.79. The van der Waals surface area contributed by atoms with Crippen molar-refractivity contribution in [1.29, 1.82) is 0 Å². The maximum atomic E-state index is 12.1. The summed E-state index contributed by atoms with van der Waals surface area (Å²) in [5.74, 6) is 2.11. The smallest absolute Gasteiger partial charge is 0.269 e. The highest BCUT2D eigenvalue weighted by atomic mass is 16.1. The van der Waals surface area contributed by atoms with Crippen molar-refractivity contribution in [3.8, 4) is 0 Å². The molecule has 1 aromatic heterocycles. The van der Waals surface area contributed by atoms with Gasteiger partial charge in [0.2, 0.25) is 0 Å². The van der Waals surface area contributed by atoms with Crippen LogP contribution in [0.15, 0.2) is 18.2 Å². The Hall–Kier alpha value is -1.58. The summed E-state index contributed by atoms with van der Waals surface area (Å²) >= 11 is 0. The van der Waals surface area contributed by atoms with Gasteiger partial charge in [0.25, 0.3) is 5.91 Å². The normalized spacial score (nSPS) is 22.3. The quantitative estimate of drug-likeness (QED) is 0.868. The van der Waals surface area contributed by atoms with Crippen molar-refractivity contribution in [3.05, 3.63) is 23.9 Å². The summed E-state index contributed by atoms with van der Waals surface area (Å²) in [5, 5.41) is 6.15. The molecular weight excluding hydrogens is 250 g/mol. The summed E-state index contributed by atoms with van der Waals surface area (Å²) in [6.45, 7) is 5.89. The molecule has 2 rings (SSSR count). The summed E-state index contributed by atoms with van der Waals surface area (Å²) < 4.78 is 0. The van der Waals surface area contributed by atoms with Crippen molar-refractivity contribution >= 4 is 11.7 Å². The summed E-state index contributed by atoms with van der Waals surface area (Å²) in [5.41, 5.74) is 0.493. The Morgan fingerprint density at radius 3 is 3.00 bits per heavy atom. The highest BCUT2D eigenvalue weighted by Gasteiger charge is 2.19. The molecule has 2 atom stereocenters. The average molecular weight is 275 g/mol. The Labute approximate surface area is 121 Å². The summed E-state index contributed by atoms with van der Waals surface area (Å²) in [6, 6.07) is 5.51. The Balaban J connectivity index is 1.86. The average Bonchev–Trinajstić information content (AvgIpc) is 2.45. The zero-order valence-electron chi connectivity index (χ0n) is 12.5. The number of nitrogens with zero attached hydrogens (tertiary/aromatic N) is 1. The Morgan fingerprint density at radius 2 is 2.25 bits per heavy atom. The second kappa shape index (κ2) is 7.27. The lowest BCUT2D eigenvalue weighted by Crippen LogP contribution is -2.32. The fraction of sp³-hybridized carbons (Fsp3) is 0.625. The molecule has 2 N–H and O–H groups in total. The maximum absolute atomic E-state index is 12.1. The molecule has 0 aromatic carbocycles. The van der Waals surface area contributed by atoms with E-state index in [1.807, 2.05) is 19.1 Å². The summed E-state index contributed by atoms with van der Waals surface area (Å²) in [4.78, 5) is 16.4. The maximum Gasteiger partial charge on any atom is 0.269 e. The predicted molar refractivity (Wildman–Crippen MR) is 81.9 cm³/mol. The van der Waals surface area contributed by atoms with E-state index in [0.717, 1.165) is 24.8 Å². The molecule has 1 heterocycles. The molecule has 1 aromatic rings. The van der Waals surface area contributed by atoms with Crippen LogP contribution in [0.5, 0.6) is 0 Å². The molecule has 1 aliphatic rings. The van der Waals surface area contributed by atoms with E-state index in [0.29, 0.717) is 11.6 Å². The predicted octanol–water partition coefficient (Wildman–Crippen LogP) is 3.07. The highest BCUT2D eigenvalue weighted by Crippen LogP contribution is 2.27. The van der Waals surface area contributed by atoms with Crippen LogP contribution < -0.4 is 10.6 Å². The zero-order chi connectivity index (χ0) is 14.4. The lowest BCUT2D eigenvalue weighted by atomic mass is 9.82. The first-order chi connectivity index (χ1) is 9.69. The van der Waals surface area contributed by atoms with E-state index in [1.54, 1.807) is 6.07 Å². The number of pyridine rings is 1. The van der Waals surface area contributed by atoms with E-state index >= 15 is 0 Å². The minimum Gasteiger partial charge on any atom is -0.370 e.